The number of hydrogen-bond donors (Lipinski definition) is 1. The van der Waals surface area contributed by atoms with Crippen LogP contribution in [0.4, 0.5) is 24.5 Å². The quantitative estimate of drug-likeness (QED) is 0.767. The van der Waals surface area contributed by atoms with Crippen molar-refractivity contribution >= 4 is 16.9 Å². The molecule has 0 spiro atoms. The van der Waals surface area contributed by atoms with Gasteiger partial charge in [0.05, 0.1) is 5.56 Å². The van der Waals surface area contributed by atoms with Crippen molar-refractivity contribution in [1.29, 1.82) is 0 Å². The Bertz CT molecular complexity index is 918. The summed E-state index contributed by atoms with van der Waals surface area (Å²) < 4.78 is 40.2. The second kappa shape index (κ2) is 7.17. The summed E-state index contributed by atoms with van der Waals surface area (Å²) >= 11 is 0. The van der Waals surface area contributed by atoms with Crippen molar-refractivity contribution in [2.75, 3.05) is 37.3 Å². The molecule has 6 heteroatoms. The van der Waals surface area contributed by atoms with E-state index in [2.05, 4.69) is 36.2 Å². The van der Waals surface area contributed by atoms with Crippen LogP contribution >= 0.6 is 0 Å². The molecule has 0 aliphatic carbocycles. The highest BCUT2D eigenvalue weighted by Crippen LogP contribution is 2.39. The summed E-state index contributed by atoms with van der Waals surface area (Å²) in [5, 5.41) is 0. The maximum atomic E-state index is 13.4. The lowest BCUT2D eigenvalue weighted by Crippen LogP contribution is -2.30. The van der Waals surface area contributed by atoms with Crippen LogP contribution < -0.4 is 10.6 Å². The third-order valence-corrected chi connectivity index (χ3v) is 5.66. The summed E-state index contributed by atoms with van der Waals surface area (Å²) in [5.74, 6) is 0. The first kappa shape index (κ1) is 18.9. The molecule has 2 N–H and O–H groups in total. The van der Waals surface area contributed by atoms with Gasteiger partial charge in [0, 0.05) is 37.6 Å². The number of likely N-dealkylation sites (N-methyl/N-ethyl adjacent to an activating group) is 1. The summed E-state index contributed by atoms with van der Waals surface area (Å²) in [6.07, 6.45) is -0.600. The predicted molar refractivity (Wildman–Crippen MR) is 107 cm³/mol. The number of halogens is 3. The van der Waals surface area contributed by atoms with Crippen LogP contribution in [0.3, 0.4) is 0 Å². The Morgan fingerprint density at radius 2 is 1.79 bits per heavy atom. The number of benzene rings is 2. The summed E-state index contributed by atoms with van der Waals surface area (Å²) in [5.41, 5.74) is 10.4. The van der Waals surface area contributed by atoms with E-state index in [0.717, 1.165) is 32.0 Å². The Balaban J connectivity index is 1.56. The molecule has 0 radical (unpaired) electrons. The smallest absolute Gasteiger partial charge is 0.399 e. The number of anilines is 2. The normalized spacial score (nSPS) is 18.0. The standard InChI is InChI=1S/C22H24F3N3/c1-27-9-6-17-12-16(2-3-18(17)14-27)15-7-10-28(11-8-15)21-5-4-19(26)13-20(21)22(23,24)25/h2-5,7,12-13H,6,8-11,14,26H2,1H3. The third kappa shape index (κ3) is 3.74. The Morgan fingerprint density at radius 3 is 2.50 bits per heavy atom. The van der Waals surface area contributed by atoms with Crippen molar-refractivity contribution in [2.24, 2.45) is 0 Å². The van der Waals surface area contributed by atoms with E-state index in [4.69, 9.17) is 5.73 Å². The lowest BCUT2D eigenvalue weighted by atomic mass is 9.92. The van der Waals surface area contributed by atoms with Crippen LogP contribution in [0.15, 0.2) is 42.5 Å². The van der Waals surface area contributed by atoms with Gasteiger partial charge in [-0.25, -0.2) is 0 Å². The maximum Gasteiger partial charge on any atom is 0.418 e. The summed E-state index contributed by atoms with van der Waals surface area (Å²) in [6.45, 7) is 3.04. The zero-order valence-electron chi connectivity index (χ0n) is 15.9. The molecule has 0 saturated heterocycles. The van der Waals surface area contributed by atoms with Crippen LogP contribution in [0.5, 0.6) is 0 Å². The number of hydrogen-bond acceptors (Lipinski definition) is 3. The zero-order chi connectivity index (χ0) is 19.9. The van der Waals surface area contributed by atoms with Gasteiger partial charge in [0.1, 0.15) is 0 Å². The zero-order valence-corrected chi connectivity index (χ0v) is 15.9. The first-order chi connectivity index (χ1) is 13.3. The highest BCUT2D eigenvalue weighted by atomic mass is 19.4. The molecule has 148 valence electrons. The summed E-state index contributed by atoms with van der Waals surface area (Å²) in [6, 6.07) is 10.6. The van der Waals surface area contributed by atoms with Gasteiger partial charge in [-0.05, 0) is 60.4 Å². The average molecular weight is 387 g/mol. The van der Waals surface area contributed by atoms with E-state index in [1.54, 1.807) is 4.90 Å². The predicted octanol–water partition coefficient (Wildman–Crippen LogP) is 4.57. The molecule has 0 aromatic heterocycles. The second-order valence-corrected chi connectivity index (χ2v) is 7.67. The Labute approximate surface area is 163 Å². The fourth-order valence-corrected chi connectivity index (χ4v) is 4.10. The van der Waals surface area contributed by atoms with Gasteiger partial charge in [-0.15, -0.1) is 0 Å². The van der Waals surface area contributed by atoms with E-state index in [-0.39, 0.29) is 11.4 Å². The molecule has 2 aliphatic rings. The molecule has 0 bridgehead atoms. The van der Waals surface area contributed by atoms with E-state index >= 15 is 0 Å². The summed E-state index contributed by atoms with van der Waals surface area (Å²) in [7, 11) is 2.13. The molecule has 0 saturated carbocycles. The van der Waals surface area contributed by atoms with Gasteiger partial charge >= 0.3 is 6.18 Å². The molecule has 2 aromatic carbocycles. The van der Waals surface area contributed by atoms with Crippen molar-refractivity contribution in [3.63, 3.8) is 0 Å². The number of rotatable bonds is 2. The molecule has 0 unspecified atom stereocenters. The number of nitrogen functional groups attached to an aromatic ring is 1. The molecular formula is C22H24F3N3. The van der Waals surface area contributed by atoms with Gasteiger partial charge < -0.3 is 15.5 Å². The molecule has 2 aromatic rings. The van der Waals surface area contributed by atoms with Crippen LogP contribution in [0.1, 0.15) is 28.7 Å². The highest BCUT2D eigenvalue weighted by molar-refractivity contribution is 5.71. The molecule has 0 amide bonds. The van der Waals surface area contributed by atoms with Crippen molar-refractivity contribution in [2.45, 2.75) is 25.6 Å². The monoisotopic (exact) mass is 387 g/mol. The number of fused-ring (bicyclic) bond motifs is 1. The van der Waals surface area contributed by atoms with Gasteiger partial charge in [-0.3, -0.25) is 0 Å². The molecular weight excluding hydrogens is 363 g/mol. The van der Waals surface area contributed by atoms with E-state index in [1.165, 1.54) is 34.4 Å². The molecule has 28 heavy (non-hydrogen) atoms. The third-order valence-electron chi connectivity index (χ3n) is 5.66. The van der Waals surface area contributed by atoms with Gasteiger partial charge in [-0.2, -0.15) is 13.2 Å². The van der Waals surface area contributed by atoms with Crippen LogP contribution in [-0.2, 0) is 19.1 Å². The van der Waals surface area contributed by atoms with Crippen LogP contribution in [0.25, 0.3) is 5.57 Å². The summed E-state index contributed by atoms with van der Waals surface area (Å²) in [4.78, 5) is 4.09. The van der Waals surface area contributed by atoms with E-state index in [0.29, 0.717) is 13.1 Å². The lowest BCUT2D eigenvalue weighted by Gasteiger charge is -2.31. The van der Waals surface area contributed by atoms with Gasteiger partial charge in [0.2, 0.25) is 0 Å². The lowest BCUT2D eigenvalue weighted by molar-refractivity contribution is -0.137. The van der Waals surface area contributed by atoms with E-state index in [1.807, 2.05) is 0 Å². The topological polar surface area (TPSA) is 32.5 Å². The fourth-order valence-electron chi connectivity index (χ4n) is 4.10. The number of nitrogens with two attached hydrogens (primary N) is 1. The van der Waals surface area contributed by atoms with Crippen molar-refractivity contribution < 1.29 is 13.2 Å². The number of nitrogens with zero attached hydrogens (tertiary/aromatic N) is 2. The van der Waals surface area contributed by atoms with Crippen molar-refractivity contribution in [3.05, 3.63) is 64.7 Å². The Kier molecular flexibility index (Phi) is 4.83. The SMILES string of the molecule is CN1CCc2cc(C3=CCN(c4ccc(N)cc4C(F)(F)F)CC3)ccc2C1. The van der Waals surface area contributed by atoms with Crippen LogP contribution in [-0.4, -0.2) is 31.6 Å². The first-order valence-corrected chi connectivity index (χ1v) is 9.53. The Morgan fingerprint density at radius 1 is 0.964 bits per heavy atom. The maximum absolute atomic E-state index is 13.4. The molecule has 2 heterocycles. The highest BCUT2D eigenvalue weighted by Gasteiger charge is 2.35. The van der Waals surface area contributed by atoms with Gasteiger partial charge in [-0.1, -0.05) is 24.3 Å². The largest absolute Gasteiger partial charge is 0.418 e. The average Bonchev–Trinajstić information content (AvgIpc) is 2.67. The van der Waals surface area contributed by atoms with Gasteiger partial charge in [0.25, 0.3) is 0 Å². The number of alkyl halides is 3. The van der Waals surface area contributed by atoms with Crippen molar-refractivity contribution in [1.82, 2.24) is 4.90 Å². The molecule has 0 fully saturated rings. The fraction of sp³-hybridized carbons (Fsp3) is 0.364. The van der Waals surface area contributed by atoms with E-state index in [9.17, 15) is 13.2 Å². The van der Waals surface area contributed by atoms with Crippen LogP contribution in [0, 0.1) is 0 Å². The molecule has 3 nitrogen and oxygen atoms in total. The minimum absolute atomic E-state index is 0.129. The molecule has 2 aliphatic heterocycles. The minimum atomic E-state index is -4.42. The van der Waals surface area contributed by atoms with Crippen LogP contribution in [0.2, 0.25) is 0 Å². The van der Waals surface area contributed by atoms with Crippen molar-refractivity contribution in [3.8, 4) is 0 Å². The molecule has 4 rings (SSSR count). The minimum Gasteiger partial charge on any atom is -0.399 e. The second-order valence-electron chi connectivity index (χ2n) is 7.67. The molecule has 0 atom stereocenters. The first-order valence-electron chi connectivity index (χ1n) is 9.53. The van der Waals surface area contributed by atoms with E-state index < -0.39 is 11.7 Å². The Hall–Kier alpha value is -2.47. The van der Waals surface area contributed by atoms with Gasteiger partial charge in [0.15, 0.2) is 0 Å².